The Kier molecular flexibility index (Phi) is 19.3. The number of aromatic nitrogens is 5. The number of rotatable bonds is 7. The third kappa shape index (κ3) is 12.3. The molecule has 0 N–H and O–H groups in total. The number of nitrogens with zero attached hydrogens (tertiary/aromatic N) is 6. The molecule has 6 nitrogen and oxygen atoms in total. The summed E-state index contributed by atoms with van der Waals surface area (Å²) >= 11 is 0. The van der Waals surface area contributed by atoms with Gasteiger partial charge in [-0.05, 0) is 108 Å². The first-order chi connectivity index (χ1) is 34.0. The summed E-state index contributed by atoms with van der Waals surface area (Å²) < 4.78 is 2.30. The molecule has 10 rings (SSSR count). The number of pyridine rings is 2. The van der Waals surface area contributed by atoms with E-state index in [1.165, 1.54) is 52.6 Å². The summed E-state index contributed by atoms with van der Waals surface area (Å²) in [5, 5.41) is 1.12. The van der Waals surface area contributed by atoms with Crippen molar-refractivity contribution < 1.29 is 21.1 Å². The van der Waals surface area contributed by atoms with Crippen LogP contribution < -0.4 is 4.90 Å². The van der Waals surface area contributed by atoms with E-state index in [9.17, 15) is 0 Å². The fraction of sp³-hybridized carbons (Fsp3) is 0.323. The molecular formula is C65H76N6Pt. The summed E-state index contributed by atoms with van der Waals surface area (Å²) in [7, 11) is 0. The van der Waals surface area contributed by atoms with Crippen LogP contribution >= 0.6 is 0 Å². The number of hydrogen-bond acceptors (Lipinski definition) is 5. The van der Waals surface area contributed by atoms with Crippen LogP contribution in [0.25, 0.3) is 50.1 Å². The normalized spacial score (nSPS) is 12.9. The molecule has 0 unspecified atom stereocenters. The Bertz CT molecular complexity index is 3090. The number of anilines is 3. The van der Waals surface area contributed by atoms with Crippen LogP contribution in [-0.2, 0) is 37.3 Å². The minimum atomic E-state index is -0.0796. The summed E-state index contributed by atoms with van der Waals surface area (Å²) in [5.74, 6) is 2.69. The van der Waals surface area contributed by atoms with Crippen molar-refractivity contribution in [3.05, 3.63) is 192 Å². The maximum absolute atomic E-state index is 5.13. The topological polar surface area (TPSA) is 59.2 Å². The molecule has 0 bridgehead atoms. The summed E-state index contributed by atoms with van der Waals surface area (Å²) in [6.07, 6.45) is 5.24. The Morgan fingerprint density at radius 2 is 1.11 bits per heavy atom. The molecule has 0 amide bonds. The van der Waals surface area contributed by atoms with Crippen molar-refractivity contribution in [2.24, 2.45) is 0 Å². The minimum Gasteiger partial charge on any atom is -0.280 e. The number of imidazole rings is 1. The van der Waals surface area contributed by atoms with Gasteiger partial charge in [0.15, 0.2) is 0 Å². The summed E-state index contributed by atoms with van der Waals surface area (Å²) in [6.45, 7) is 37.0. The Hall–Kier alpha value is -6.23. The first kappa shape index (κ1) is 56.7. The summed E-state index contributed by atoms with van der Waals surface area (Å²) in [4.78, 5) is 22.5. The molecular weight excluding hydrogens is 1060 g/mol. The molecule has 0 fully saturated rings. The molecule has 4 heterocycles. The average Bonchev–Trinajstić information content (AvgIpc) is 3.83. The maximum Gasteiger partial charge on any atom is 2.00 e. The van der Waals surface area contributed by atoms with Gasteiger partial charge in [-0.2, -0.15) is 0 Å². The van der Waals surface area contributed by atoms with Gasteiger partial charge >= 0.3 is 21.1 Å². The van der Waals surface area contributed by atoms with Crippen molar-refractivity contribution in [1.29, 1.82) is 0 Å². The Morgan fingerprint density at radius 3 is 1.58 bits per heavy atom. The number of fused-ring (bicyclic) bond motifs is 6. The Labute approximate surface area is 446 Å². The third-order valence-corrected chi connectivity index (χ3v) is 12.9. The van der Waals surface area contributed by atoms with E-state index in [4.69, 9.17) is 19.9 Å². The van der Waals surface area contributed by atoms with Crippen molar-refractivity contribution in [2.45, 2.75) is 139 Å². The Morgan fingerprint density at radius 1 is 0.611 bits per heavy atom. The fourth-order valence-corrected chi connectivity index (χ4v) is 10.1. The first-order valence-corrected chi connectivity index (χ1v) is 25.5. The number of unbranched alkanes of at least 4 members (excludes halogenated alkanes) is 2. The van der Waals surface area contributed by atoms with Gasteiger partial charge in [0.05, 0.1) is 22.2 Å². The van der Waals surface area contributed by atoms with Gasteiger partial charge in [0.1, 0.15) is 23.1 Å². The standard InChI is InChI=1S/C31H25N3.C25H29N3.C5H12.C2H6.C2H4.Pt/c1-22-20-23(2)31(24(3)21-22)34(29-18-10-16-27(32-29)25-12-6-4-7-13-25)30-19-11-17-28(33-30)26-14-8-5-9-15-26;1-23(2,3)22-27-18-11-9-8-10-15(18)21-26-19-12-16-17(13-20(19)28(21)22)25(6,7)14-24(16,4)5;1-3-5-4-2;2*1-2;/h4-12,14,16-21H,1-3H3;8-13H,14H2,1-7H3;3-5H2,1-2H3;1-2H3;1-2H2;/q-2;;;;;+2. The SMILES string of the molecule is C=C.CC.CC(C)(C)c1nc2ccccc2c2nc3cc4c(cc3n12)C(C)(C)CC4(C)C.CCCCC.Cc1cc(C)c(N(c2cccc(-c3[c-]cccc3)n2)c2cccc(-c3[c-]cccc3)n2)c(C)c1.[Pt+2]. The van der Waals surface area contributed by atoms with Crippen molar-refractivity contribution in [3.8, 4) is 22.5 Å². The van der Waals surface area contributed by atoms with Crippen molar-refractivity contribution in [1.82, 2.24) is 24.3 Å². The molecule has 0 atom stereocenters. The van der Waals surface area contributed by atoms with Crippen molar-refractivity contribution in [2.75, 3.05) is 4.90 Å². The van der Waals surface area contributed by atoms with Crippen LogP contribution in [0, 0.1) is 32.9 Å². The van der Waals surface area contributed by atoms with Gasteiger partial charge in [-0.25, -0.2) is 9.97 Å². The fourth-order valence-electron chi connectivity index (χ4n) is 10.1. The molecule has 72 heavy (non-hydrogen) atoms. The van der Waals surface area contributed by atoms with Crippen LogP contribution in [-0.4, -0.2) is 24.3 Å². The van der Waals surface area contributed by atoms with E-state index in [1.54, 1.807) is 0 Å². The van der Waals surface area contributed by atoms with Gasteiger partial charge in [0.25, 0.3) is 0 Å². The molecule has 7 heteroatoms. The van der Waals surface area contributed by atoms with E-state index in [2.05, 4.69) is 166 Å². The molecule has 9 aromatic rings. The zero-order valence-corrected chi connectivity index (χ0v) is 47.7. The van der Waals surface area contributed by atoms with Gasteiger partial charge in [0, 0.05) is 10.8 Å². The maximum atomic E-state index is 5.13. The molecule has 1 aliphatic carbocycles. The quantitative estimate of drug-likeness (QED) is 0.118. The van der Waals surface area contributed by atoms with E-state index >= 15 is 0 Å². The van der Waals surface area contributed by atoms with Gasteiger partial charge in [-0.3, -0.25) is 19.3 Å². The second-order valence-corrected chi connectivity index (χ2v) is 20.6. The molecule has 4 aromatic heterocycles. The predicted octanol–water partition coefficient (Wildman–Crippen LogP) is 18.1. The summed E-state index contributed by atoms with van der Waals surface area (Å²) in [6, 6.07) is 52.1. The molecule has 1 aliphatic rings. The van der Waals surface area contributed by atoms with E-state index in [1.807, 2.05) is 98.8 Å². The number of hydrogen-bond donors (Lipinski definition) is 0. The van der Waals surface area contributed by atoms with E-state index in [0.717, 1.165) is 74.1 Å². The number of para-hydroxylation sites is 1. The van der Waals surface area contributed by atoms with Crippen molar-refractivity contribution >= 4 is 44.9 Å². The molecule has 0 spiro atoms. The third-order valence-electron chi connectivity index (χ3n) is 12.9. The van der Waals surface area contributed by atoms with Crippen LogP contribution in [0.4, 0.5) is 17.3 Å². The molecule has 0 saturated heterocycles. The van der Waals surface area contributed by atoms with E-state index in [-0.39, 0.29) is 37.3 Å². The second kappa shape index (κ2) is 24.5. The largest absolute Gasteiger partial charge is 2.00 e. The van der Waals surface area contributed by atoms with Crippen LogP contribution in [0.5, 0.6) is 0 Å². The van der Waals surface area contributed by atoms with Crippen LogP contribution in [0.3, 0.4) is 0 Å². The first-order valence-electron chi connectivity index (χ1n) is 25.5. The monoisotopic (exact) mass is 1140 g/mol. The summed E-state index contributed by atoms with van der Waals surface area (Å²) in [5.41, 5.74) is 15.8. The molecule has 0 radical (unpaired) electrons. The molecule has 0 aliphatic heterocycles. The van der Waals surface area contributed by atoms with Gasteiger partial charge in [-0.1, -0.05) is 150 Å². The average molecular weight is 1140 g/mol. The molecule has 5 aromatic carbocycles. The Balaban J connectivity index is 0.000000230. The number of benzene rings is 5. The smallest absolute Gasteiger partial charge is 0.280 e. The van der Waals surface area contributed by atoms with Crippen LogP contribution in [0.1, 0.15) is 135 Å². The van der Waals surface area contributed by atoms with Crippen LogP contribution in [0.15, 0.2) is 147 Å². The zero-order valence-electron chi connectivity index (χ0n) is 45.4. The number of aryl methyl sites for hydroxylation is 3. The molecule has 0 saturated carbocycles. The van der Waals surface area contributed by atoms with Crippen molar-refractivity contribution in [3.63, 3.8) is 0 Å². The predicted molar refractivity (Wildman–Crippen MR) is 305 cm³/mol. The molecule has 376 valence electrons. The van der Waals surface area contributed by atoms with Gasteiger partial charge in [-0.15, -0.1) is 84.9 Å². The van der Waals surface area contributed by atoms with Gasteiger partial charge in [0.2, 0.25) is 0 Å². The van der Waals surface area contributed by atoms with E-state index < -0.39 is 0 Å². The second-order valence-electron chi connectivity index (χ2n) is 20.6. The van der Waals surface area contributed by atoms with Gasteiger partial charge < -0.3 is 0 Å². The van der Waals surface area contributed by atoms with E-state index in [0.29, 0.717) is 0 Å². The zero-order chi connectivity index (χ0) is 51.7. The minimum absolute atomic E-state index is 0. The van der Waals surface area contributed by atoms with Crippen LogP contribution in [0.2, 0.25) is 0 Å².